The maximum atomic E-state index is 13.1. The third-order valence-electron chi connectivity index (χ3n) is 5.22. The molecule has 1 heterocycles. The van der Waals surface area contributed by atoms with Crippen LogP contribution in [0.2, 0.25) is 0 Å². The van der Waals surface area contributed by atoms with E-state index in [1.165, 1.54) is 0 Å². The SMILES string of the molecule is CCCCN1C(=O)CC(C(=O)N(C)CCCC(=O)O)C1c1ccc(OC)cc1. The van der Waals surface area contributed by atoms with Gasteiger partial charge in [0.05, 0.1) is 19.1 Å². The van der Waals surface area contributed by atoms with Crippen LogP contribution in [0.5, 0.6) is 5.75 Å². The summed E-state index contributed by atoms with van der Waals surface area (Å²) >= 11 is 0. The van der Waals surface area contributed by atoms with E-state index in [9.17, 15) is 14.4 Å². The molecule has 0 spiro atoms. The van der Waals surface area contributed by atoms with Crippen molar-refractivity contribution in [3.8, 4) is 5.75 Å². The minimum atomic E-state index is -0.876. The summed E-state index contributed by atoms with van der Waals surface area (Å²) < 4.78 is 5.22. The van der Waals surface area contributed by atoms with Crippen LogP contribution in [0.4, 0.5) is 0 Å². The molecule has 7 heteroatoms. The Kier molecular flexibility index (Phi) is 7.84. The summed E-state index contributed by atoms with van der Waals surface area (Å²) in [5.74, 6) is -0.738. The van der Waals surface area contributed by atoms with Crippen LogP contribution in [0, 0.1) is 5.92 Å². The third-order valence-corrected chi connectivity index (χ3v) is 5.22. The summed E-state index contributed by atoms with van der Waals surface area (Å²) in [6.07, 6.45) is 2.44. The van der Waals surface area contributed by atoms with E-state index >= 15 is 0 Å². The zero-order valence-electron chi connectivity index (χ0n) is 16.9. The fraction of sp³-hybridized carbons (Fsp3) is 0.571. The van der Waals surface area contributed by atoms with Gasteiger partial charge < -0.3 is 19.6 Å². The smallest absolute Gasteiger partial charge is 0.303 e. The molecule has 0 aromatic heterocycles. The molecule has 1 aliphatic rings. The minimum absolute atomic E-state index is 0.00782. The first-order valence-corrected chi connectivity index (χ1v) is 9.79. The zero-order chi connectivity index (χ0) is 20.7. The third kappa shape index (κ3) is 5.24. The van der Waals surface area contributed by atoms with Crippen molar-refractivity contribution < 1.29 is 24.2 Å². The number of amides is 2. The summed E-state index contributed by atoms with van der Waals surface area (Å²) in [5.41, 5.74) is 0.917. The van der Waals surface area contributed by atoms with Gasteiger partial charge in [-0.3, -0.25) is 14.4 Å². The Morgan fingerprint density at radius 2 is 1.93 bits per heavy atom. The summed E-state index contributed by atoms with van der Waals surface area (Å²) in [6, 6.07) is 7.19. The first kappa shape index (κ1) is 21.7. The van der Waals surface area contributed by atoms with Crippen LogP contribution in [0.15, 0.2) is 24.3 Å². The van der Waals surface area contributed by atoms with Gasteiger partial charge in [0, 0.05) is 33.0 Å². The molecule has 1 saturated heterocycles. The van der Waals surface area contributed by atoms with Gasteiger partial charge in [-0.15, -0.1) is 0 Å². The number of likely N-dealkylation sites (tertiary alicyclic amines) is 1. The predicted molar refractivity (Wildman–Crippen MR) is 105 cm³/mol. The molecule has 0 bridgehead atoms. The molecule has 28 heavy (non-hydrogen) atoms. The van der Waals surface area contributed by atoms with Gasteiger partial charge >= 0.3 is 5.97 Å². The minimum Gasteiger partial charge on any atom is -0.497 e. The van der Waals surface area contributed by atoms with Crippen LogP contribution in [0.25, 0.3) is 0 Å². The van der Waals surface area contributed by atoms with Crippen molar-refractivity contribution in [2.24, 2.45) is 5.92 Å². The molecule has 0 radical (unpaired) electrons. The van der Waals surface area contributed by atoms with Gasteiger partial charge in [0.25, 0.3) is 0 Å². The quantitative estimate of drug-likeness (QED) is 0.664. The van der Waals surface area contributed by atoms with E-state index in [-0.39, 0.29) is 30.7 Å². The molecule has 2 rings (SSSR count). The van der Waals surface area contributed by atoms with E-state index in [4.69, 9.17) is 9.84 Å². The normalized spacial score (nSPS) is 19.0. The monoisotopic (exact) mass is 390 g/mol. The fourth-order valence-corrected chi connectivity index (χ4v) is 3.68. The molecule has 1 aromatic rings. The zero-order valence-corrected chi connectivity index (χ0v) is 16.9. The van der Waals surface area contributed by atoms with E-state index in [1.54, 1.807) is 19.1 Å². The second-order valence-electron chi connectivity index (χ2n) is 7.23. The average molecular weight is 390 g/mol. The Labute approximate surface area is 166 Å². The number of carboxylic acids is 1. The first-order valence-electron chi connectivity index (χ1n) is 9.79. The lowest BCUT2D eigenvalue weighted by atomic mass is 9.92. The van der Waals surface area contributed by atoms with Gasteiger partial charge in [-0.1, -0.05) is 25.5 Å². The van der Waals surface area contributed by atoms with E-state index in [1.807, 2.05) is 29.2 Å². The highest BCUT2D eigenvalue weighted by Gasteiger charge is 2.44. The van der Waals surface area contributed by atoms with Crippen molar-refractivity contribution in [3.63, 3.8) is 0 Å². The summed E-state index contributed by atoms with van der Waals surface area (Å²) in [6.45, 7) is 3.06. The van der Waals surface area contributed by atoms with Gasteiger partial charge in [0.15, 0.2) is 0 Å². The number of methoxy groups -OCH3 is 1. The van der Waals surface area contributed by atoms with Gasteiger partial charge in [-0.25, -0.2) is 0 Å². The molecule has 1 fully saturated rings. The molecule has 1 aromatic carbocycles. The summed E-state index contributed by atoms with van der Waals surface area (Å²) in [4.78, 5) is 39.8. The van der Waals surface area contributed by atoms with E-state index in [0.29, 0.717) is 19.5 Å². The van der Waals surface area contributed by atoms with Crippen molar-refractivity contribution in [1.29, 1.82) is 0 Å². The first-order chi connectivity index (χ1) is 13.4. The highest BCUT2D eigenvalue weighted by atomic mass is 16.5. The molecule has 0 aliphatic carbocycles. The average Bonchev–Trinajstić information content (AvgIpc) is 3.01. The number of nitrogens with zero attached hydrogens (tertiary/aromatic N) is 2. The Morgan fingerprint density at radius 3 is 2.50 bits per heavy atom. The number of unbranched alkanes of at least 4 members (excludes halogenated alkanes) is 1. The van der Waals surface area contributed by atoms with Crippen LogP contribution in [0.3, 0.4) is 0 Å². The molecule has 1 aliphatic heterocycles. The molecular weight excluding hydrogens is 360 g/mol. The molecule has 2 amide bonds. The van der Waals surface area contributed by atoms with Crippen LogP contribution in [-0.2, 0) is 14.4 Å². The predicted octanol–water partition coefficient (Wildman–Crippen LogP) is 2.71. The molecular formula is C21H30N2O5. The summed E-state index contributed by atoms with van der Waals surface area (Å²) in [7, 11) is 3.27. The van der Waals surface area contributed by atoms with Gasteiger partial charge in [-0.2, -0.15) is 0 Å². The van der Waals surface area contributed by atoms with Gasteiger partial charge in [0.2, 0.25) is 11.8 Å². The maximum absolute atomic E-state index is 13.1. The number of hydrogen-bond acceptors (Lipinski definition) is 4. The summed E-state index contributed by atoms with van der Waals surface area (Å²) in [5, 5.41) is 8.80. The van der Waals surface area contributed by atoms with E-state index in [0.717, 1.165) is 24.2 Å². The Balaban J connectivity index is 2.22. The molecule has 1 N–H and O–H groups in total. The number of carbonyl (C=O) groups is 3. The lowest BCUT2D eigenvalue weighted by molar-refractivity contribution is -0.139. The van der Waals surface area contributed by atoms with Crippen molar-refractivity contribution >= 4 is 17.8 Å². The molecule has 2 atom stereocenters. The molecule has 7 nitrogen and oxygen atoms in total. The van der Waals surface area contributed by atoms with Crippen LogP contribution in [0.1, 0.15) is 50.6 Å². The highest BCUT2D eigenvalue weighted by Crippen LogP contribution is 2.39. The largest absolute Gasteiger partial charge is 0.497 e. The van der Waals surface area contributed by atoms with Gasteiger partial charge in [0.1, 0.15) is 5.75 Å². The van der Waals surface area contributed by atoms with Crippen LogP contribution in [-0.4, -0.2) is 59.9 Å². The standard InChI is InChI=1S/C21H30N2O5/c1-4-5-13-23-18(24)14-17(21(27)22(2)12-6-7-19(25)26)20(23)15-8-10-16(28-3)11-9-15/h8-11,17,20H,4-7,12-14H2,1-3H3,(H,25,26). The van der Waals surface area contributed by atoms with Crippen molar-refractivity contribution in [1.82, 2.24) is 9.80 Å². The van der Waals surface area contributed by atoms with Crippen molar-refractivity contribution in [3.05, 3.63) is 29.8 Å². The number of benzene rings is 1. The number of rotatable bonds is 10. The van der Waals surface area contributed by atoms with E-state index < -0.39 is 11.9 Å². The topological polar surface area (TPSA) is 87.2 Å². The highest BCUT2D eigenvalue weighted by molar-refractivity contribution is 5.90. The molecule has 0 saturated carbocycles. The lowest BCUT2D eigenvalue weighted by Gasteiger charge is -2.30. The molecule has 2 unspecified atom stereocenters. The van der Waals surface area contributed by atoms with Crippen LogP contribution >= 0.6 is 0 Å². The number of ether oxygens (including phenoxy) is 1. The van der Waals surface area contributed by atoms with Gasteiger partial charge in [-0.05, 0) is 30.5 Å². The number of carboxylic acid groups (broad SMARTS) is 1. The Hall–Kier alpha value is -2.57. The van der Waals surface area contributed by atoms with Crippen molar-refractivity contribution in [2.75, 3.05) is 27.2 Å². The van der Waals surface area contributed by atoms with Crippen molar-refractivity contribution in [2.45, 2.75) is 45.1 Å². The maximum Gasteiger partial charge on any atom is 0.303 e. The number of hydrogen-bond donors (Lipinski definition) is 1. The fourth-order valence-electron chi connectivity index (χ4n) is 3.68. The molecule has 154 valence electrons. The Bertz CT molecular complexity index is 689. The lowest BCUT2D eigenvalue weighted by Crippen LogP contribution is -2.37. The Morgan fingerprint density at radius 1 is 1.25 bits per heavy atom. The number of aliphatic carboxylic acids is 1. The second-order valence-corrected chi connectivity index (χ2v) is 7.23. The van der Waals surface area contributed by atoms with E-state index in [2.05, 4.69) is 6.92 Å². The van der Waals surface area contributed by atoms with Crippen LogP contribution < -0.4 is 4.74 Å². The number of carbonyl (C=O) groups excluding carboxylic acids is 2. The second kappa shape index (κ2) is 10.1.